The third-order valence-corrected chi connectivity index (χ3v) is 11.2. The van der Waals surface area contributed by atoms with Gasteiger partial charge in [0.05, 0.1) is 5.56 Å². The Balaban J connectivity index is 1.94. The smallest absolute Gasteiger partial charge is 0.419 e. The standard InChI is InChI=1S/C28H34F3NO2Si/c1-20(34-35(5,6)27(2,3)4)17-26(23-13-10-16-32-19-23)33-25-15-14-22(18-24(25)28(29,30)31)21-11-8-7-9-12-21/h7-16,18-20,26H,17H2,1-6H3/t20-,26?/m1/s1. The molecule has 0 bridgehead atoms. The van der Waals surface area contributed by atoms with Gasteiger partial charge < -0.3 is 9.16 Å². The van der Waals surface area contributed by atoms with Gasteiger partial charge in [-0.2, -0.15) is 13.2 Å². The first kappa shape index (κ1) is 27.0. The molecule has 0 radical (unpaired) electrons. The van der Waals surface area contributed by atoms with Crippen LogP contribution in [0.4, 0.5) is 13.2 Å². The van der Waals surface area contributed by atoms with Crippen LogP contribution in [0.25, 0.3) is 11.1 Å². The zero-order valence-corrected chi connectivity index (χ0v) is 22.2. The fraction of sp³-hybridized carbons (Fsp3) is 0.393. The number of rotatable bonds is 8. The number of halogens is 3. The molecule has 2 atom stereocenters. The lowest BCUT2D eigenvalue weighted by Crippen LogP contribution is -2.43. The minimum atomic E-state index is -4.57. The van der Waals surface area contributed by atoms with E-state index < -0.39 is 26.2 Å². The van der Waals surface area contributed by atoms with Crippen LogP contribution in [0.2, 0.25) is 18.1 Å². The minimum absolute atomic E-state index is 0.0165. The number of ether oxygens (including phenoxy) is 1. The number of aromatic nitrogens is 1. The van der Waals surface area contributed by atoms with E-state index >= 15 is 0 Å². The second-order valence-electron chi connectivity index (χ2n) is 10.4. The molecular formula is C28H34F3NO2Si. The molecule has 2 aromatic carbocycles. The molecule has 188 valence electrons. The van der Waals surface area contributed by atoms with Crippen molar-refractivity contribution in [2.75, 3.05) is 0 Å². The van der Waals surface area contributed by atoms with Gasteiger partial charge in [-0.05, 0) is 54.4 Å². The number of alkyl halides is 3. The van der Waals surface area contributed by atoms with E-state index in [1.165, 1.54) is 6.07 Å². The highest BCUT2D eigenvalue weighted by atomic mass is 28.4. The molecule has 35 heavy (non-hydrogen) atoms. The van der Waals surface area contributed by atoms with Crippen molar-refractivity contribution in [3.05, 3.63) is 84.2 Å². The first-order chi connectivity index (χ1) is 16.3. The summed E-state index contributed by atoms with van der Waals surface area (Å²) in [6, 6.07) is 16.8. The Morgan fingerprint density at radius 3 is 2.17 bits per heavy atom. The number of benzene rings is 2. The van der Waals surface area contributed by atoms with Crippen LogP contribution in [-0.2, 0) is 10.6 Å². The molecule has 1 heterocycles. The first-order valence-corrected chi connectivity index (χ1v) is 14.7. The molecule has 3 rings (SSSR count). The summed E-state index contributed by atoms with van der Waals surface area (Å²) in [6.45, 7) is 12.7. The van der Waals surface area contributed by atoms with Gasteiger partial charge in [0.25, 0.3) is 0 Å². The number of nitrogens with zero attached hydrogens (tertiary/aromatic N) is 1. The van der Waals surface area contributed by atoms with E-state index in [0.29, 0.717) is 23.1 Å². The van der Waals surface area contributed by atoms with Gasteiger partial charge in [-0.15, -0.1) is 0 Å². The molecule has 3 aromatic rings. The maximum Gasteiger partial charge on any atom is 0.419 e. The molecule has 0 amide bonds. The fourth-order valence-electron chi connectivity index (χ4n) is 3.67. The zero-order chi connectivity index (χ0) is 25.9. The van der Waals surface area contributed by atoms with E-state index in [4.69, 9.17) is 9.16 Å². The molecule has 0 saturated heterocycles. The first-order valence-electron chi connectivity index (χ1n) is 11.8. The molecule has 0 N–H and O–H groups in total. The number of hydrogen-bond donors (Lipinski definition) is 0. The maximum absolute atomic E-state index is 14.1. The van der Waals surface area contributed by atoms with Gasteiger partial charge >= 0.3 is 6.18 Å². The van der Waals surface area contributed by atoms with Gasteiger partial charge in [-0.1, -0.05) is 63.2 Å². The van der Waals surface area contributed by atoms with Gasteiger partial charge in [0.15, 0.2) is 8.32 Å². The summed E-state index contributed by atoms with van der Waals surface area (Å²) in [4.78, 5) is 4.16. The van der Waals surface area contributed by atoms with Crippen LogP contribution < -0.4 is 4.74 Å². The molecule has 1 unspecified atom stereocenters. The van der Waals surface area contributed by atoms with Crippen molar-refractivity contribution >= 4 is 8.32 Å². The highest BCUT2D eigenvalue weighted by Gasteiger charge is 2.39. The Morgan fingerprint density at radius 2 is 1.60 bits per heavy atom. The van der Waals surface area contributed by atoms with E-state index in [-0.39, 0.29) is 16.9 Å². The average molecular weight is 502 g/mol. The summed E-state index contributed by atoms with van der Waals surface area (Å²) < 4.78 is 54.9. The molecule has 0 aliphatic carbocycles. The normalized spacial score (nSPS) is 14.4. The highest BCUT2D eigenvalue weighted by Crippen LogP contribution is 2.42. The Morgan fingerprint density at radius 1 is 0.914 bits per heavy atom. The van der Waals surface area contributed by atoms with E-state index in [0.717, 1.165) is 6.07 Å². The van der Waals surface area contributed by atoms with Crippen LogP contribution in [-0.4, -0.2) is 19.4 Å². The lowest BCUT2D eigenvalue weighted by atomic mass is 10.0. The monoisotopic (exact) mass is 501 g/mol. The maximum atomic E-state index is 14.1. The highest BCUT2D eigenvalue weighted by molar-refractivity contribution is 6.74. The minimum Gasteiger partial charge on any atom is -0.485 e. The average Bonchev–Trinajstić information content (AvgIpc) is 2.78. The van der Waals surface area contributed by atoms with Crippen LogP contribution >= 0.6 is 0 Å². The van der Waals surface area contributed by atoms with E-state index in [1.807, 2.05) is 19.1 Å². The fourth-order valence-corrected chi connectivity index (χ4v) is 5.12. The van der Waals surface area contributed by atoms with Crippen molar-refractivity contribution in [1.29, 1.82) is 0 Å². The van der Waals surface area contributed by atoms with Crippen molar-refractivity contribution in [1.82, 2.24) is 4.98 Å². The lowest BCUT2D eigenvalue weighted by Gasteiger charge is -2.39. The SMILES string of the molecule is C[C@H](CC(Oc1ccc(-c2ccccc2)cc1C(F)(F)F)c1cccnc1)O[Si](C)(C)C(C)(C)C. The summed E-state index contributed by atoms with van der Waals surface area (Å²) in [5.74, 6) is -0.203. The summed E-state index contributed by atoms with van der Waals surface area (Å²) in [5.41, 5.74) is 1.10. The van der Waals surface area contributed by atoms with E-state index in [9.17, 15) is 13.2 Å². The van der Waals surface area contributed by atoms with Crippen LogP contribution in [0.15, 0.2) is 73.1 Å². The van der Waals surface area contributed by atoms with Crippen molar-refractivity contribution in [3.8, 4) is 16.9 Å². The molecular weight excluding hydrogens is 467 g/mol. The molecule has 1 aromatic heterocycles. The van der Waals surface area contributed by atoms with E-state index in [2.05, 4.69) is 38.8 Å². The van der Waals surface area contributed by atoms with Crippen LogP contribution in [0.1, 0.15) is 51.3 Å². The van der Waals surface area contributed by atoms with Gasteiger partial charge in [0.1, 0.15) is 11.9 Å². The third kappa shape index (κ3) is 6.95. The zero-order valence-electron chi connectivity index (χ0n) is 21.2. The topological polar surface area (TPSA) is 31.4 Å². The predicted octanol–water partition coefficient (Wildman–Crippen LogP) is 8.69. The molecule has 0 fully saturated rings. The van der Waals surface area contributed by atoms with E-state index in [1.54, 1.807) is 48.8 Å². The quantitative estimate of drug-likeness (QED) is 0.289. The molecule has 0 spiro atoms. The van der Waals surface area contributed by atoms with Crippen LogP contribution in [0.3, 0.4) is 0 Å². The molecule has 3 nitrogen and oxygen atoms in total. The summed E-state index contributed by atoms with van der Waals surface area (Å²) in [7, 11) is -2.06. The van der Waals surface area contributed by atoms with Crippen molar-refractivity contribution < 1.29 is 22.3 Å². The Kier molecular flexibility index (Phi) is 8.12. The van der Waals surface area contributed by atoms with Gasteiger partial charge in [-0.25, -0.2) is 0 Å². The predicted molar refractivity (Wildman–Crippen MR) is 137 cm³/mol. The van der Waals surface area contributed by atoms with Crippen molar-refractivity contribution in [3.63, 3.8) is 0 Å². The Labute approximate surface area is 207 Å². The van der Waals surface area contributed by atoms with Gasteiger partial charge in [0, 0.05) is 30.5 Å². The third-order valence-electron chi connectivity index (χ3n) is 6.57. The largest absolute Gasteiger partial charge is 0.485 e. The lowest BCUT2D eigenvalue weighted by molar-refractivity contribution is -0.139. The number of hydrogen-bond acceptors (Lipinski definition) is 3. The van der Waals surface area contributed by atoms with Gasteiger partial charge in [-0.3, -0.25) is 4.98 Å². The molecule has 0 aliphatic heterocycles. The second-order valence-corrected chi connectivity index (χ2v) is 15.1. The van der Waals surface area contributed by atoms with Gasteiger partial charge in [0.2, 0.25) is 0 Å². The Hall–Kier alpha value is -2.64. The second kappa shape index (κ2) is 10.5. The summed E-state index contributed by atoms with van der Waals surface area (Å²) >= 11 is 0. The van der Waals surface area contributed by atoms with Crippen molar-refractivity contribution in [2.45, 2.75) is 70.6 Å². The van der Waals surface area contributed by atoms with Crippen LogP contribution in [0.5, 0.6) is 5.75 Å². The van der Waals surface area contributed by atoms with Crippen LogP contribution in [0, 0.1) is 0 Å². The summed E-state index contributed by atoms with van der Waals surface area (Å²) in [5, 5.41) is 0.0165. The summed E-state index contributed by atoms with van der Waals surface area (Å²) in [6.07, 6.45) is -1.76. The molecule has 7 heteroatoms. The Bertz CT molecular complexity index is 1100. The van der Waals surface area contributed by atoms with Crippen molar-refractivity contribution in [2.24, 2.45) is 0 Å². The molecule has 0 saturated carbocycles. The number of pyridine rings is 1. The molecule has 0 aliphatic rings.